The zero-order valence-corrected chi connectivity index (χ0v) is 10.9. The van der Waals surface area contributed by atoms with Crippen molar-refractivity contribution in [2.45, 2.75) is 17.9 Å². The minimum Gasteiger partial charge on any atom is -0.468 e. The first-order chi connectivity index (χ1) is 8.75. The fourth-order valence-electron chi connectivity index (χ4n) is 1.44. The molecule has 0 radical (unpaired) electrons. The summed E-state index contributed by atoms with van der Waals surface area (Å²) in [5, 5.41) is 2.77. The second kappa shape index (κ2) is 6.31. The molecule has 1 aromatic carbocycles. The summed E-state index contributed by atoms with van der Waals surface area (Å²) in [6.07, 6.45) is 1.64. The van der Waals surface area contributed by atoms with Crippen molar-refractivity contribution in [3.05, 3.63) is 54.5 Å². The molecule has 2 rings (SSSR count). The molecule has 3 nitrogen and oxygen atoms in total. The molecule has 18 heavy (non-hydrogen) atoms. The summed E-state index contributed by atoms with van der Waals surface area (Å²) in [6.45, 7) is 1.89. The van der Waals surface area contributed by atoms with Crippen LogP contribution in [-0.4, -0.2) is 11.2 Å². The maximum atomic E-state index is 11.9. The van der Waals surface area contributed by atoms with Gasteiger partial charge in [-0.3, -0.25) is 4.79 Å². The van der Waals surface area contributed by atoms with E-state index >= 15 is 0 Å². The number of anilines is 1. The lowest BCUT2D eigenvalue weighted by atomic mass is 10.3. The van der Waals surface area contributed by atoms with Gasteiger partial charge in [-0.2, -0.15) is 0 Å². The van der Waals surface area contributed by atoms with Crippen LogP contribution in [0.1, 0.15) is 12.7 Å². The van der Waals surface area contributed by atoms with Crippen LogP contribution in [0, 0.1) is 0 Å². The highest BCUT2D eigenvalue weighted by Gasteiger charge is 2.14. The SMILES string of the molecule is C[C@H](SCc1ccco1)C(=O)Nc1ccccc1. The van der Waals surface area contributed by atoms with Crippen LogP contribution in [0.4, 0.5) is 5.69 Å². The van der Waals surface area contributed by atoms with Gasteiger partial charge in [-0.15, -0.1) is 11.8 Å². The Morgan fingerprint density at radius 2 is 2.06 bits per heavy atom. The third-order valence-electron chi connectivity index (χ3n) is 2.47. The number of carbonyl (C=O) groups is 1. The molecular formula is C14H15NO2S. The van der Waals surface area contributed by atoms with Crippen molar-refractivity contribution in [1.29, 1.82) is 0 Å². The first-order valence-corrected chi connectivity index (χ1v) is 6.80. The van der Waals surface area contributed by atoms with E-state index < -0.39 is 0 Å². The molecule has 0 aliphatic heterocycles. The maximum Gasteiger partial charge on any atom is 0.237 e. The van der Waals surface area contributed by atoms with Gasteiger partial charge in [-0.05, 0) is 31.2 Å². The van der Waals surface area contributed by atoms with E-state index in [2.05, 4.69) is 5.32 Å². The molecule has 0 aliphatic rings. The lowest BCUT2D eigenvalue weighted by Gasteiger charge is -2.11. The zero-order valence-electron chi connectivity index (χ0n) is 10.1. The molecule has 0 aliphatic carbocycles. The first-order valence-electron chi connectivity index (χ1n) is 5.75. The largest absolute Gasteiger partial charge is 0.468 e. The molecule has 1 N–H and O–H groups in total. The van der Waals surface area contributed by atoms with Crippen LogP contribution in [0.15, 0.2) is 53.1 Å². The molecule has 1 atom stereocenters. The topological polar surface area (TPSA) is 42.2 Å². The van der Waals surface area contributed by atoms with Crippen LogP contribution in [0.5, 0.6) is 0 Å². The smallest absolute Gasteiger partial charge is 0.237 e. The van der Waals surface area contributed by atoms with Crippen LogP contribution < -0.4 is 5.32 Å². The van der Waals surface area contributed by atoms with Gasteiger partial charge in [-0.25, -0.2) is 0 Å². The van der Waals surface area contributed by atoms with Crippen molar-refractivity contribution in [3.8, 4) is 0 Å². The van der Waals surface area contributed by atoms with E-state index in [1.54, 1.807) is 18.0 Å². The molecule has 0 saturated carbocycles. The van der Waals surface area contributed by atoms with Gasteiger partial charge in [-0.1, -0.05) is 18.2 Å². The summed E-state index contributed by atoms with van der Waals surface area (Å²) in [5.74, 6) is 1.60. The number of furan rings is 1. The summed E-state index contributed by atoms with van der Waals surface area (Å²) in [7, 11) is 0. The maximum absolute atomic E-state index is 11.9. The van der Waals surface area contributed by atoms with Crippen molar-refractivity contribution >= 4 is 23.4 Å². The van der Waals surface area contributed by atoms with E-state index in [4.69, 9.17) is 4.42 Å². The lowest BCUT2D eigenvalue weighted by Crippen LogP contribution is -2.22. The van der Waals surface area contributed by atoms with Gasteiger partial charge in [0.2, 0.25) is 5.91 Å². The van der Waals surface area contributed by atoms with E-state index in [9.17, 15) is 4.79 Å². The number of hydrogen-bond donors (Lipinski definition) is 1. The molecule has 1 aromatic heterocycles. The van der Waals surface area contributed by atoms with E-state index in [-0.39, 0.29) is 11.2 Å². The number of amides is 1. The highest BCUT2D eigenvalue weighted by Crippen LogP contribution is 2.19. The summed E-state index contributed by atoms with van der Waals surface area (Å²) < 4.78 is 5.23. The van der Waals surface area contributed by atoms with E-state index in [0.717, 1.165) is 11.4 Å². The van der Waals surface area contributed by atoms with Gasteiger partial charge < -0.3 is 9.73 Å². The molecular weight excluding hydrogens is 246 g/mol. The normalized spacial score (nSPS) is 12.1. The van der Waals surface area contributed by atoms with Crippen LogP contribution in [0.3, 0.4) is 0 Å². The van der Waals surface area contributed by atoms with Gasteiger partial charge >= 0.3 is 0 Å². The molecule has 1 amide bonds. The van der Waals surface area contributed by atoms with Gasteiger partial charge in [0.1, 0.15) is 5.76 Å². The molecule has 2 aromatic rings. The number of carbonyl (C=O) groups excluding carboxylic acids is 1. The number of rotatable bonds is 5. The predicted octanol–water partition coefficient (Wildman–Crippen LogP) is 3.54. The monoisotopic (exact) mass is 261 g/mol. The van der Waals surface area contributed by atoms with Crippen LogP contribution in [-0.2, 0) is 10.5 Å². The highest BCUT2D eigenvalue weighted by atomic mass is 32.2. The van der Waals surface area contributed by atoms with E-state index in [1.807, 2.05) is 49.4 Å². The average Bonchev–Trinajstić information content (AvgIpc) is 2.90. The third kappa shape index (κ3) is 3.67. The molecule has 0 saturated heterocycles. The summed E-state index contributed by atoms with van der Waals surface area (Å²) in [4.78, 5) is 11.9. The fourth-order valence-corrected chi connectivity index (χ4v) is 2.23. The molecule has 0 fully saturated rings. The Morgan fingerprint density at radius 3 is 2.72 bits per heavy atom. The van der Waals surface area contributed by atoms with Gasteiger partial charge in [0.05, 0.1) is 17.3 Å². The highest BCUT2D eigenvalue weighted by molar-refractivity contribution is 7.99. The van der Waals surface area contributed by atoms with E-state index in [1.165, 1.54) is 0 Å². The zero-order chi connectivity index (χ0) is 12.8. The lowest BCUT2D eigenvalue weighted by molar-refractivity contribution is -0.115. The number of para-hydroxylation sites is 1. The van der Waals surface area contributed by atoms with Crippen LogP contribution >= 0.6 is 11.8 Å². The Labute approximate surface area is 111 Å². The Morgan fingerprint density at radius 1 is 1.28 bits per heavy atom. The van der Waals surface area contributed by atoms with Crippen molar-refractivity contribution < 1.29 is 9.21 Å². The summed E-state index contributed by atoms with van der Waals surface area (Å²) in [6, 6.07) is 13.2. The number of thioether (sulfide) groups is 1. The summed E-state index contributed by atoms with van der Waals surface area (Å²) >= 11 is 1.56. The minimum absolute atomic E-state index is 0.0118. The van der Waals surface area contributed by atoms with Crippen molar-refractivity contribution in [2.24, 2.45) is 0 Å². The Hall–Kier alpha value is -1.68. The minimum atomic E-state index is -0.115. The Balaban J connectivity index is 1.82. The summed E-state index contributed by atoms with van der Waals surface area (Å²) in [5.41, 5.74) is 0.827. The average molecular weight is 261 g/mol. The first kappa shape index (κ1) is 12.8. The van der Waals surface area contributed by atoms with E-state index in [0.29, 0.717) is 5.75 Å². The van der Waals surface area contributed by atoms with Gasteiger partial charge in [0, 0.05) is 5.69 Å². The molecule has 94 valence electrons. The third-order valence-corrected chi connectivity index (χ3v) is 3.63. The number of nitrogens with one attached hydrogen (secondary N) is 1. The Kier molecular flexibility index (Phi) is 4.47. The van der Waals surface area contributed by atoms with Gasteiger partial charge in [0.25, 0.3) is 0 Å². The van der Waals surface area contributed by atoms with Crippen molar-refractivity contribution in [1.82, 2.24) is 0 Å². The number of benzene rings is 1. The molecule has 1 heterocycles. The van der Waals surface area contributed by atoms with Crippen LogP contribution in [0.25, 0.3) is 0 Å². The van der Waals surface area contributed by atoms with Crippen molar-refractivity contribution in [2.75, 3.05) is 5.32 Å². The second-order valence-corrected chi connectivity index (χ2v) is 5.22. The fraction of sp³-hybridized carbons (Fsp3) is 0.214. The van der Waals surface area contributed by atoms with Crippen molar-refractivity contribution in [3.63, 3.8) is 0 Å². The molecule has 0 unspecified atom stereocenters. The molecule has 0 bridgehead atoms. The Bertz CT molecular complexity index is 482. The van der Waals surface area contributed by atoms with Gasteiger partial charge in [0.15, 0.2) is 0 Å². The van der Waals surface area contributed by atoms with Crippen LogP contribution in [0.2, 0.25) is 0 Å². The molecule has 0 spiro atoms. The molecule has 4 heteroatoms. The second-order valence-electron chi connectivity index (χ2n) is 3.89. The number of hydrogen-bond acceptors (Lipinski definition) is 3. The standard InChI is InChI=1S/C14H15NO2S/c1-11(18-10-13-8-5-9-17-13)14(16)15-12-6-3-2-4-7-12/h2-9,11H,10H2,1H3,(H,15,16)/t11-/m0/s1. The predicted molar refractivity (Wildman–Crippen MR) is 74.5 cm³/mol. The quantitative estimate of drug-likeness (QED) is 0.895.